The maximum atomic E-state index is 12.3. The molecule has 122 valence electrons. The van der Waals surface area contributed by atoms with Gasteiger partial charge in [-0.15, -0.1) is 11.3 Å². The fourth-order valence-electron chi connectivity index (χ4n) is 2.13. The van der Waals surface area contributed by atoms with E-state index in [0.717, 1.165) is 12.0 Å². The van der Waals surface area contributed by atoms with Crippen molar-refractivity contribution in [3.63, 3.8) is 0 Å². The average molecular weight is 343 g/mol. The Kier molecular flexibility index (Phi) is 4.39. The standard InChI is InChI=1S/C16H13N3O4S/c1-2-9-3-5-10(6-4-9)13(20)18-14-11(16(21)22)12(19-23-14)15-17-7-8-24-15/h3-8H,2H2,1H3,(H,18,20)(H,21,22). The van der Waals surface area contributed by atoms with Crippen molar-refractivity contribution in [1.29, 1.82) is 0 Å². The second-order valence-corrected chi connectivity index (χ2v) is 5.78. The van der Waals surface area contributed by atoms with Gasteiger partial charge >= 0.3 is 5.97 Å². The molecule has 1 amide bonds. The number of amides is 1. The normalized spacial score (nSPS) is 10.5. The summed E-state index contributed by atoms with van der Waals surface area (Å²) in [4.78, 5) is 27.8. The number of carbonyl (C=O) groups is 2. The van der Waals surface area contributed by atoms with Crippen LogP contribution in [0.4, 0.5) is 5.88 Å². The molecule has 0 spiro atoms. The quantitative estimate of drug-likeness (QED) is 0.736. The maximum absolute atomic E-state index is 12.3. The van der Waals surface area contributed by atoms with Gasteiger partial charge in [0.05, 0.1) is 0 Å². The van der Waals surface area contributed by atoms with Gasteiger partial charge in [0, 0.05) is 17.1 Å². The Hall–Kier alpha value is -3.00. The zero-order chi connectivity index (χ0) is 17.1. The molecule has 2 aromatic heterocycles. The molecular formula is C16H13N3O4S. The largest absolute Gasteiger partial charge is 0.477 e. The third kappa shape index (κ3) is 3.04. The van der Waals surface area contributed by atoms with Crippen LogP contribution in [0, 0.1) is 0 Å². The molecule has 0 aliphatic carbocycles. The first kappa shape index (κ1) is 15.9. The van der Waals surface area contributed by atoms with Gasteiger partial charge in [-0.3, -0.25) is 10.1 Å². The van der Waals surface area contributed by atoms with E-state index in [9.17, 15) is 14.7 Å². The monoisotopic (exact) mass is 343 g/mol. The molecule has 0 unspecified atom stereocenters. The van der Waals surface area contributed by atoms with Crippen LogP contribution in [0.1, 0.15) is 33.2 Å². The summed E-state index contributed by atoms with van der Waals surface area (Å²) in [5.74, 6) is -1.93. The molecule has 0 bridgehead atoms. The van der Waals surface area contributed by atoms with E-state index in [1.54, 1.807) is 17.5 Å². The Balaban J connectivity index is 1.89. The number of carboxylic acid groups (broad SMARTS) is 1. The third-order valence-electron chi connectivity index (χ3n) is 3.39. The van der Waals surface area contributed by atoms with E-state index in [4.69, 9.17) is 4.52 Å². The highest BCUT2D eigenvalue weighted by atomic mass is 32.1. The van der Waals surface area contributed by atoms with Crippen molar-refractivity contribution in [3.05, 3.63) is 52.5 Å². The first-order valence-corrected chi connectivity index (χ1v) is 8.01. The van der Waals surface area contributed by atoms with Crippen LogP contribution in [0.3, 0.4) is 0 Å². The highest BCUT2D eigenvalue weighted by molar-refractivity contribution is 7.13. The molecule has 0 radical (unpaired) electrons. The molecule has 2 heterocycles. The number of rotatable bonds is 5. The molecule has 8 heteroatoms. The molecule has 0 aliphatic rings. The van der Waals surface area contributed by atoms with Gasteiger partial charge in [-0.1, -0.05) is 24.2 Å². The molecule has 3 aromatic rings. The van der Waals surface area contributed by atoms with Crippen LogP contribution in [0.5, 0.6) is 0 Å². The van der Waals surface area contributed by atoms with Crippen molar-refractivity contribution in [2.75, 3.05) is 5.32 Å². The van der Waals surface area contributed by atoms with E-state index < -0.39 is 11.9 Å². The van der Waals surface area contributed by atoms with Crippen molar-refractivity contribution in [2.45, 2.75) is 13.3 Å². The summed E-state index contributed by atoms with van der Waals surface area (Å²) in [7, 11) is 0. The summed E-state index contributed by atoms with van der Waals surface area (Å²) in [6, 6.07) is 7.03. The lowest BCUT2D eigenvalue weighted by molar-refractivity contribution is 0.0698. The number of hydrogen-bond acceptors (Lipinski definition) is 6. The number of nitrogens with one attached hydrogen (secondary N) is 1. The zero-order valence-corrected chi connectivity index (χ0v) is 13.5. The summed E-state index contributed by atoms with van der Waals surface area (Å²) >= 11 is 1.23. The Bertz CT molecular complexity index is 869. The predicted octanol–water partition coefficient (Wildman–Crippen LogP) is 3.31. The van der Waals surface area contributed by atoms with Crippen molar-refractivity contribution in [1.82, 2.24) is 10.1 Å². The molecule has 3 rings (SSSR count). The Morgan fingerprint density at radius 3 is 2.62 bits per heavy atom. The van der Waals surface area contributed by atoms with E-state index in [1.165, 1.54) is 17.5 Å². The molecule has 1 aromatic carbocycles. The predicted molar refractivity (Wildman–Crippen MR) is 88.3 cm³/mol. The van der Waals surface area contributed by atoms with Crippen molar-refractivity contribution in [2.24, 2.45) is 0 Å². The molecule has 0 saturated carbocycles. The third-order valence-corrected chi connectivity index (χ3v) is 4.17. The molecule has 2 N–H and O–H groups in total. The molecule has 0 saturated heterocycles. The molecule has 24 heavy (non-hydrogen) atoms. The van der Waals surface area contributed by atoms with Crippen LogP contribution in [-0.2, 0) is 6.42 Å². The number of nitrogens with zero attached hydrogens (tertiary/aromatic N) is 2. The summed E-state index contributed by atoms with van der Waals surface area (Å²) < 4.78 is 5.02. The fraction of sp³-hybridized carbons (Fsp3) is 0.125. The van der Waals surface area contributed by atoms with Crippen molar-refractivity contribution >= 4 is 29.1 Å². The summed E-state index contributed by atoms with van der Waals surface area (Å²) in [5, 5.41) is 17.7. The molecular weight excluding hydrogens is 330 g/mol. The topological polar surface area (TPSA) is 105 Å². The highest BCUT2D eigenvalue weighted by Gasteiger charge is 2.26. The lowest BCUT2D eigenvalue weighted by atomic mass is 10.1. The number of aromatic carboxylic acids is 1. The van der Waals surface area contributed by atoms with Gasteiger partial charge in [0.25, 0.3) is 5.91 Å². The number of aromatic nitrogens is 2. The first-order chi connectivity index (χ1) is 11.6. The summed E-state index contributed by atoms with van der Waals surface area (Å²) in [6.45, 7) is 2.02. The van der Waals surface area contributed by atoms with Gasteiger partial charge in [0.1, 0.15) is 5.01 Å². The number of thiazole rings is 1. The number of hydrogen-bond donors (Lipinski definition) is 2. The number of carbonyl (C=O) groups excluding carboxylic acids is 1. The van der Waals surface area contributed by atoms with Gasteiger partial charge in [0.15, 0.2) is 11.3 Å². The maximum Gasteiger partial charge on any atom is 0.343 e. The lowest BCUT2D eigenvalue weighted by Crippen LogP contribution is -2.14. The molecule has 0 aliphatic heterocycles. The van der Waals surface area contributed by atoms with E-state index in [2.05, 4.69) is 15.5 Å². The van der Waals surface area contributed by atoms with Crippen LogP contribution < -0.4 is 5.32 Å². The van der Waals surface area contributed by atoms with Crippen LogP contribution >= 0.6 is 11.3 Å². The van der Waals surface area contributed by atoms with E-state index in [1.807, 2.05) is 19.1 Å². The van der Waals surface area contributed by atoms with Crippen LogP contribution in [0.2, 0.25) is 0 Å². The number of aryl methyl sites for hydroxylation is 1. The first-order valence-electron chi connectivity index (χ1n) is 7.13. The average Bonchev–Trinajstić information content (AvgIpc) is 3.23. The molecule has 0 fully saturated rings. The minimum atomic E-state index is -1.25. The number of anilines is 1. The Labute approximate surface area is 140 Å². The SMILES string of the molecule is CCc1ccc(C(=O)Nc2onc(-c3nccs3)c2C(=O)O)cc1. The second kappa shape index (κ2) is 6.63. The summed E-state index contributed by atoms with van der Waals surface area (Å²) in [6.07, 6.45) is 2.40. The van der Waals surface area contributed by atoms with E-state index in [0.29, 0.717) is 10.6 Å². The molecule has 7 nitrogen and oxygen atoms in total. The fourth-order valence-corrected chi connectivity index (χ4v) is 2.75. The van der Waals surface area contributed by atoms with E-state index >= 15 is 0 Å². The van der Waals surface area contributed by atoms with E-state index in [-0.39, 0.29) is 17.1 Å². The van der Waals surface area contributed by atoms with Gasteiger partial charge in [-0.2, -0.15) is 0 Å². The highest BCUT2D eigenvalue weighted by Crippen LogP contribution is 2.30. The second-order valence-electron chi connectivity index (χ2n) is 4.88. The van der Waals surface area contributed by atoms with Crippen molar-refractivity contribution < 1.29 is 19.2 Å². The number of carboxylic acids is 1. The summed E-state index contributed by atoms with van der Waals surface area (Å²) in [5.41, 5.74) is 1.37. The van der Waals surface area contributed by atoms with Crippen molar-refractivity contribution in [3.8, 4) is 10.7 Å². The lowest BCUT2D eigenvalue weighted by Gasteiger charge is -2.03. The van der Waals surface area contributed by atoms with Gasteiger partial charge in [-0.05, 0) is 24.1 Å². The number of benzene rings is 1. The van der Waals surface area contributed by atoms with Crippen LogP contribution in [0.15, 0.2) is 40.4 Å². The van der Waals surface area contributed by atoms with Gasteiger partial charge in [0.2, 0.25) is 5.88 Å². The smallest absolute Gasteiger partial charge is 0.343 e. The van der Waals surface area contributed by atoms with Gasteiger partial charge in [-0.25, -0.2) is 9.78 Å². The minimum Gasteiger partial charge on any atom is -0.477 e. The van der Waals surface area contributed by atoms with Crippen LogP contribution in [0.25, 0.3) is 10.7 Å². The Morgan fingerprint density at radius 2 is 2.04 bits per heavy atom. The van der Waals surface area contributed by atoms with Gasteiger partial charge < -0.3 is 9.63 Å². The van der Waals surface area contributed by atoms with Crippen LogP contribution in [-0.4, -0.2) is 27.1 Å². The zero-order valence-electron chi connectivity index (χ0n) is 12.6. The Morgan fingerprint density at radius 1 is 1.29 bits per heavy atom. The molecule has 0 atom stereocenters. The minimum absolute atomic E-state index is 0.0918.